The number of para-hydroxylation sites is 1. The van der Waals surface area contributed by atoms with Crippen LogP contribution in [0.3, 0.4) is 0 Å². The van der Waals surface area contributed by atoms with Gasteiger partial charge in [0.1, 0.15) is 16.5 Å². The maximum Gasteiger partial charge on any atom is 0.353 e. The molecule has 2 aromatic heterocycles. The van der Waals surface area contributed by atoms with Crippen molar-refractivity contribution in [2.75, 3.05) is 0 Å². The van der Waals surface area contributed by atoms with E-state index in [1.54, 1.807) is 24.4 Å². The third-order valence-corrected chi connectivity index (χ3v) is 5.48. The Labute approximate surface area is 175 Å². The Balaban J connectivity index is 1.51. The van der Waals surface area contributed by atoms with E-state index in [4.69, 9.17) is 4.52 Å². The molecule has 8 nitrogen and oxygen atoms in total. The molecule has 4 aromatic rings. The molecule has 0 spiro atoms. The lowest BCUT2D eigenvalue weighted by Crippen LogP contribution is -2.22. The number of hydrogen-bond donors (Lipinski definition) is 0. The van der Waals surface area contributed by atoms with Crippen molar-refractivity contribution in [2.45, 2.75) is 17.7 Å². The smallest absolute Gasteiger partial charge is 0.353 e. The van der Waals surface area contributed by atoms with Crippen LogP contribution in [0.1, 0.15) is 11.3 Å². The van der Waals surface area contributed by atoms with Crippen LogP contribution < -0.4 is 5.69 Å². The number of aromatic nitrogens is 3. The Bertz CT molecular complexity index is 1270. The van der Waals surface area contributed by atoms with E-state index in [1.807, 2.05) is 37.3 Å². The molecule has 0 saturated heterocycles. The van der Waals surface area contributed by atoms with Gasteiger partial charge in [0.15, 0.2) is 0 Å². The molecule has 4 rings (SSSR count). The number of aryl methyl sites for hydroxylation is 1. The SMILES string of the molecule is Cc1cn(-c2ccccc2)c(=O)nc1SCc1cc(-c2cccc([N+](=O)[O-])c2)no1. The maximum absolute atomic E-state index is 12.4. The van der Waals surface area contributed by atoms with E-state index in [9.17, 15) is 14.9 Å². The van der Waals surface area contributed by atoms with Gasteiger partial charge in [-0.05, 0) is 24.6 Å². The van der Waals surface area contributed by atoms with Crippen molar-refractivity contribution in [3.63, 3.8) is 0 Å². The van der Waals surface area contributed by atoms with Gasteiger partial charge in [0.05, 0.1) is 16.4 Å². The van der Waals surface area contributed by atoms with Gasteiger partial charge in [0.25, 0.3) is 5.69 Å². The second-order valence-corrected chi connectivity index (χ2v) is 7.46. The summed E-state index contributed by atoms with van der Waals surface area (Å²) in [7, 11) is 0. The molecule has 9 heteroatoms. The lowest BCUT2D eigenvalue weighted by Gasteiger charge is -2.08. The van der Waals surface area contributed by atoms with E-state index >= 15 is 0 Å². The second kappa shape index (κ2) is 8.34. The first-order chi connectivity index (χ1) is 14.5. The van der Waals surface area contributed by atoms with Gasteiger partial charge >= 0.3 is 5.69 Å². The molecule has 0 aliphatic heterocycles. The average Bonchev–Trinajstić information content (AvgIpc) is 3.24. The minimum Gasteiger partial charge on any atom is -0.360 e. The second-order valence-electron chi connectivity index (χ2n) is 6.49. The van der Waals surface area contributed by atoms with E-state index in [0.717, 1.165) is 11.3 Å². The first kappa shape index (κ1) is 19.6. The number of benzene rings is 2. The highest BCUT2D eigenvalue weighted by Gasteiger charge is 2.13. The number of thioether (sulfide) groups is 1. The summed E-state index contributed by atoms with van der Waals surface area (Å²) in [4.78, 5) is 27.1. The fourth-order valence-corrected chi connectivity index (χ4v) is 3.73. The summed E-state index contributed by atoms with van der Waals surface area (Å²) in [5, 5.41) is 15.6. The van der Waals surface area contributed by atoms with Crippen LogP contribution in [0.4, 0.5) is 5.69 Å². The predicted molar refractivity (Wildman–Crippen MR) is 113 cm³/mol. The fraction of sp³-hybridized carbons (Fsp3) is 0.0952. The maximum atomic E-state index is 12.4. The van der Waals surface area contributed by atoms with Crippen molar-refractivity contribution < 1.29 is 9.45 Å². The molecule has 2 aromatic carbocycles. The van der Waals surface area contributed by atoms with Gasteiger partial charge in [-0.3, -0.25) is 14.7 Å². The summed E-state index contributed by atoms with van der Waals surface area (Å²) >= 11 is 1.37. The molecule has 0 radical (unpaired) electrons. The highest BCUT2D eigenvalue weighted by Crippen LogP contribution is 2.27. The van der Waals surface area contributed by atoms with Crippen molar-refractivity contribution in [3.05, 3.63) is 98.8 Å². The minimum absolute atomic E-state index is 0.00905. The van der Waals surface area contributed by atoms with Gasteiger partial charge in [-0.15, -0.1) is 0 Å². The molecule has 0 bridgehead atoms. The molecular weight excluding hydrogens is 404 g/mol. The average molecular weight is 420 g/mol. The highest BCUT2D eigenvalue weighted by molar-refractivity contribution is 7.98. The molecule has 0 aliphatic carbocycles. The lowest BCUT2D eigenvalue weighted by atomic mass is 10.1. The van der Waals surface area contributed by atoms with Crippen LogP contribution in [0.2, 0.25) is 0 Å². The molecule has 0 amide bonds. The Kier molecular flexibility index (Phi) is 5.44. The third-order valence-electron chi connectivity index (χ3n) is 4.36. The van der Waals surface area contributed by atoms with Crippen molar-refractivity contribution in [2.24, 2.45) is 0 Å². The Morgan fingerprint density at radius 2 is 1.93 bits per heavy atom. The van der Waals surface area contributed by atoms with Gasteiger partial charge in [0, 0.05) is 30.0 Å². The Hall–Kier alpha value is -3.72. The Morgan fingerprint density at radius 1 is 1.13 bits per heavy atom. The number of nitro groups is 1. The van der Waals surface area contributed by atoms with Gasteiger partial charge < -0.3 is 4.52 Å². The number of hydrogen-bond acceptors (Lipinski definition) is 7. The van der Waals surface area contributed by atoms with E-state index in [-0.39, 0.29) is 11.4 Å². The monoisotopic (exact) mass is 420 g/mol. The van der Waals surface area contributed by atoms with E-state index in [0.29, 0.717) is 27.8 Å². The van der Waals surface area contributed by atoms with Crippen LogP contribution in [-0.4, -0.2) is 19.6 Å². The largest absolute Gasteiger partial charge is 0.360 e. The molecule has 0 saturated carbocycles. The zero-order valence-electron chi connectivity index (χ0n) is 15.9. The summed E-state index contributed by atoms with van der Waals surface area (Å²) in [6.07, 6.45) is 1.77. The van der Waals surface area contributed by atoms with Crippen molar-refractivity contribution in [3.8, 4) is 16.9 Å². The molecule has 0 N–H and O–H groups in total. The topological polar surface area (TPSA) is 104 Å². The number of nitrogens with zero attached hydrogens (tertiary/aromatic N) is 4. The van der Waals surface area contributed by atoms with Crippen molar-refractivity contribution in [1.82, 2.24) is 14.7 Å². The highest BCUT2D eigenvalue weighted by atomic mass is 32.2. The molecular formula is C21H16N4O4S. The molecule has 150 valence electrons. The number of rotatable bonds is 6. The lowest BCUT2D eigenvalue weighted by molar-refractivity contribution is -0.384. The molecule has 30 heavy (non-hydrogen) atoms. The van der Waals surface area contributed by atoms with E-state index in [1.165, 1.54) is 28.5 Å². The van der Waals surface area contributed by atoms with Crippen LogP contribution in [0.25, 0.3) is 16.9 Å². The van der Waals surface area contributed by atoms with Gasteiger partial charge in [-0.1, -0.05) is 47.3 Å². The summed E-state index contributed by atoms with van der Waals surface area (Å²) in [5.74, 6) is 1.000. The minimum atomic E-state index is -0.452. The molecule has 0 unspecified atom stereocenters. The standard InChI is InChI=1S/C21H16N4O4S/c1-14-12-24(16-7-3-2-4-8-16)21(26)22-20(14)30-13-18-11-19(23-29-18)15-6-5-9-17(10-15)25(27)28/h2-12H,13H2,1H3. The van der Waals surface area contributed by atoms with Crippen LogP contribution in [0, 0.1) is 17.0 Å². The molecule has 0 aliphatic rings. The van der Waals surface area contributed by atoms with E-state index < -0.39 is 4.92 Å². The summed E-state index contributed by atoms with van der Waals surface area (Å²) in [5.41, 5.74) is 2.37. The zero-order valence-corrected chi connectivity index (χ0v) is 16.7. The summed E-state index contributed by atoms with van der Waals surface area (Å²) in [6, 6.07) is 17.2. The van der Waals surface area contributed by atoms with E-state index in [2.05, 4.69) is 10.1 Å². The van der Waals surface area contributed by atoms with Crippen LogP contribution >= 0.6 is 11.8 Å². The fourth-order valence-electron chi connectivity index (χ4n) is 2.89. The van der Waals surface area contributed by atoms with Gasteiger partial charge in [-0.25, -0.2) is 4.79 Å². The predicted octanol–water partition coefficient (Wildman–Crippen LogP) is 4.40. The number of non-ortho nitro benzene ring substituents is 1. The zero-order chi connectivity index (χ0) is 21.1. The first-order valence-corrected chi connectivity index (χ1v) is 9.99. The molecule has 2 heterocycles. The Morgan fingerprint density at radius 3 is 2.70 bits per heavy atom. The normalized spacial score (nSPS) is 10.8. The van der Waals surface area contributed by atoms with Crippen LogP contribution in [-0.2, 0) is 5.75 Å². The third kappa shape index (κ3) is 4.15. The van der Waals surface area contributed by atoms with Crippen LogP contribution in [0.15, 0.2) is 81.2 Å². The van der Waals surface area contributed by atoms with Crippen molar-refractivity contribution in [1.29, 1.82) is 0 Å². The quantitative estimate of drug-likeness (QED) is 0.197. The molecule has 0 fully saturated rings. The van der Waals surface area contributed by atoms with Crippen molar-refractivity contribution >= 4 is 17.4 Å². The summed E-state index contributed by atoms with van der Waals surface area (Å²) < 4.78 is 6.86. The van der Waals surface area contributed by atoms with Gasteiger partial charge in [-0.2, -0.15) is 4.98 Å². The first-order valence-electron chi connectivity index (χ1n) is 9.00. The van der Waals surface area contributed by atoms with Gasteiger partial charge in [0.2, 0.25) is 0 Å². The number of nitro benzene ring substituents is 1. The van der Waals surface area contributed by atoms with Crippen LogP contribution in [0.5, 0.6) is 0 Å². The summed E-state index contributed by atoms with van der Waals surface area (Å²) in [6.45, 7) is 1.89. The molecule has 0 atom stereocenters.